The Kier molecular flexibility index (Phi) is 4.44. The van der Waals surface area contributed by atoms with E-state index >= 15 is 0 Å². The lowest BCUT2D eigenvalue weighted by Gasteiger charge is -2.25. The number of benzene rings is 1. The molecule has 1 aromatic carbocycles. The van der Waals surface area contributed by atoms with Crippen LogP contribution in [0.4, 0.5) is 0 Å². The third-order valence-corrected chi connectivity index (χ3v) is 3.15. The fourth-order valence-electron chi connectivity index (χ4n) is 1.61. The summed E-state index contributed by atoms with van der Waals surface area (Å²) < 4.78 is 6.24. The second kappa shape index (κ2) is 5.31. The molecule has 18 heavy (non-hydrogen) atoms. The smallest absolute Gasteiger partial charge is 0.242 e. The van der Waals surface area contributed by atoms with E-state index in [9.17, 15) is 0 Å². The highest BCUT2D eigenvalue weighted by molar-refractivity contribution is 6.70. The van der Waals surface area contributed by atoms with Gasteiger partial charge in [-0.2, -0.15) is 0 Å². The molecule has 0 amide bonds. The van der Waals surface area contributed by atoms with Gasteiger partial charge < -0.3 is 4.43 Å². The van der Waals surface area contributed by atoms with Gasteiger partial charge in [-0.15, -0.1) is 0 Å². The lowest BCUT2D eigenvalue weighted by atomic mass is 9.94. The Morgan fingerprint density at radius 3 is 1.94 bits per heavy atom. The molecule has 0 radical (unpaired) electrons. The van der Waals surface area contributed by atoms with Gasteiger partial charge in [-0.25, -0.2) is 0 Å². The highest BCUT2D eigenvalue weighted by Crippen LogP contribution is 2.27. The van der Waals surface area contributed by atoms with E-state index in [0.29, 0.717) is 0 Å². The summed E-state index contributed by atoms with van der Waals surface area (Å²) in [6.07, 6.45) is 2.23. The third-order valence-electron chi connectivity index (χ3n) is 2.32. The van der Waals surface area contributed by atoms with Gasteiger partial charge >= 0.3 is 0 Å². The van der Waals surface area contributed by atoms with Crippen molar-refractivity contribution in [3.05, 3.63) is 41.5 Å². The lowest BCUT2D eigenvalue weighted by molar-refractivity contribution is 0.483. The number of rotatable bonds is 3. The quantitative estimate of drug-likeness (QED) is 0.535. The van der Waals surface area contributed by atoms with Gasteiger partial charge in [-0.3, -0.25) is 0 Å². The Labute approximate surface area is 113 Å². The molecular formula is C16H26OSi. The maximum atomic E-state index is 6.24. The van der Waals surface area contributed by atoms with Crippen molar-refractivity contribution < 1.29 is 4.43 Å². The first-order valence-corrected chi connectivity index (χ1v) is 9.97. The molecule has 0 saturated heterocycles. The summed E-state index contributed by atoms with van der Waals surface area (Å²) in [5, 5.41) is 0. The molecule has 0 bridgehead atoms. The highest BCUT2D eigenvalue weighted by Gasteiger charge is 2.20. The number of allylic oxidation sites excluding steroid dienone is 1. The molecule has 1 nitrogen and oxygen atoms in total. The van der Waals surface area contributed by atoms with Crippen molar-refractivity contribution in [2.45, 2.75) is 47.3 Å². The maximum absolute atomic E-state index is 6.24. The Hall–Kier alpha value is -1.02. The standard InChI is InChI=1S/C16H26OSi/c1-13-8-10-14(11-9-13)15(12-16(2,3)4)17-18(5,6)7/h8-12H,1-7H3/b15-12+. The van der Waals surface area contributed by atoms with Crippen LogP contribution >= 0.6 is 0 Å². The van der Waals surface area contributed by atoms with E-state index < -0.39 is 8.32 Å². The fraction of sp³-hybridized carbons (Fsp3) is 0.500. The molecule has 1 aromatic rings. The van der Waals surface area contributed by atoms with Gasteiger partial charge in [0.2, 0.25) is 8.32 Å². The van der Waals surface area contributed by atoms with Crippen LogP contribution in [0.15, 0.2) is 30.3 Å². The predicted octanol–water partition coefficient (Wildman–Crippen LogP) is 5.23. The average Bonchev–Trinajstić information content (AvgIpc) is 2.13. The SMILES string of the molecule is Cc1ccc(/C(=C\C(C)(C)C)O[Si](C)(C)C)cc1. The molecule has 0 aliphatic carbocycles. The van der Waals surface area contributed by atoms with E-state index in [2.05, 4.69) is 77.7 Å². The van der Waals surface area contributed by atoms with Crippen LogP contribution in [0.3, 0.4) is 0 Å². The fourth-order valence-corrected chi connectivity index (χ4v) is 2.45. The topological polar surface area (TPSA) is 9.23 Å². The van der Waals surface area contributed by atoms with Gasteiger partial charge in [0.05, 0.1) is 0 Å². The highest BCUT2D eigenvalue weighted by atomic mass is 28.4. The molecule has 0 aliphatic heterocycles. The number of hydrogen-bond donors (Lipinski definition) is 0. The van der Waals surface area contributed by atoms with Crippen molar-refractivity contribution >= 4 is 14.1 Å². The van der Waals surface area contributed by atoms with Crippen molar-refractivity contribution in [2.75, 3.05) is 0 Å². The largest absolute Gasteiger partial charge is 0.544 e. The van der Waals surface area contributed by atoms with Crippen LogP contribution in [0.1, 0.15) is 31.9 Å². The van der Waals surface area contributed by atoms with E-state index in [1.807, 2.05) is 0 Å². The molecule has 1 rings (SSSR count). The lowest BCUT2D eigenvalue weighted by Crippen LogP contribution is -2.25. The molecule has 0 atom stereocenters. The predicted molar refractivity (Wildman–Crippen MR) is 83.0 cm³/mol. The first-order chi connectivity index (χ1) is 8.07. The third kappa shape index (κ3) is 5.54. The Morgan fingerprint density at radius 1 is 1.06 bits per heavy atom. The molecule has 0 aromatic heterocycles. The molecule has 0 aliphatic rings. The summed E-state index contributed by atoms with van der Waals surface area (Å²) >= 11 is 0. The zero-order chi connectivity index (χ0) is 14.0. The molecule has 0 N–H and O–H groups in total. The van der Waals surface area contributed by atoms with Gasteiger partial charge in [0.15, 0.2) is 0 Å². The normalized spacial score (nSPS) is 13.6. The molecule has 0 heterocycles. The van der Waals surface area contributed by atoms with Crippen molar-refractivity contribution in [1.29, 1.82) is 0 Å². The summed E-state index contributed by atoms with van der Waals surface area (Å²) in [7, 11) is -1.58. The van der Waals surface area contributed by atoms with Gasteiger partial charge in [0.1, 0.15) is 5.76 Å². The summed E-state index contributed by atoms with van der Waals surface area (Å²) in [5.41, 5.74) is 2.58. The second-order valence-electron chi connectivity index (χ2n) is 6.96. The van der Waals surface area contributed by atoms with Gasteiger partial charge in [0, 0.05) is 5.56 Å². The number of aryl methyl sites for hydroxylation is 1. The molecule has 0 saturated carbocycles. The van der Waals surface area contributed by atoms with E-state index in [0.717, 1.165) is 5.76 Å². The molecular weight excluding hydrogens is 236 g/mol. The average molecular weight is 262 g/mol. The van der Waals surface area contributed by atoms with E-state index in [1.165, 1.54) is 11.1 Å². The van der Waals surface area contributed by atoms with Crippen molar-refractivity contribution in [3.63, 3.8) is 0 Å². The molecule has 0 unspecified atom stereocenters. The Balaban J connectivity index is 3.13. The zero-order valence-corrected chi connectivity index (χ0v) is 13.8. The van der Waals surface area contributed by atoms with E-state index in [4.69, 9.17) is 4.43 Å². The Morgan fingerprint density at radius 2 is 1.56 bits per heavy atom. The van der Waals surface area contributed by atoms with Crippen LogP contribution in [-0.2, 0) is 4.43 Å². The van der Waals surface area contributed by atoms with Crippen LogP contribution in [0, 0.1) is 12.3 Å². The summed E-state index contributed by atoms with van der Waals surface area (Å²) in [6, 6.07) is 8.57. The van der Waals surface area contributed by atoms with Gasteiger partial charge in [-0.05, 0) is 38.1 Å². The summed E-state index contributed by atoms with van der Waals surface area (Å²) in [5.74, 6) is 1.03. The first kappa shape index (κ1) is 15.0. The molecule has 0 fully saturated rings. The molecule has 100 valence electrons. The number of hydrogen-bond acceptors (Lipinski definition) is 1. The van der Waals surface area contributed by atoms with Crippen LogP contribution in [0.2, 0.25) is 19.6 Å². The minimum Gasteiger partial charge on any atom is -0.544 e. The monoisotopic (exact) mass is 262 g/mol. The first-order valence-electron chi connectivity index (χ1n) is 6.56. The van der Waals surface area contributed by atoms with Crippen molar-refractivity contribution in [2.24, 2.45) is 5.41 Å². The second-order valence-corrected chi connectivity index (χ2v) is 11.4. The molecule has 2 heteroatoms. The minimum atomic E-state index is -1.58. The van der Waals surface area contributed by atoms with Crippen LogP contribution in [0.5, 0.6) is 0 Å². The summed E-state index contributed by atoms with van der Waals surface area (Å²) in [4.78, 5) is 0. The van der Waals surface area contributed by atoms with Crippen molar-refractivity contribution in [1.82, 2.24) is 0 Å². The van der Waals surface area contributed by atoms with Crippen LogP contribution < -0.4 is 0 Å². The van der Waals surface area contributed by atoms with Crippen LogP contribution in [-0.4, -0.2) is 8.32 Å². The zero-order valence-electron chi connectivity index (χ0n) is 12.8. The molecule has 0 spiro atoms. The van der Waals surface area contributed by atoms with Gasteiger partial charge in [0.25, 0.3) is 0 Å². The Bertz CT molecular complexity index is 416. The van der Waals surface area contributed by atoms with Gasteiger partial charge in [-0.1, -0.05) is 50.6 Å². The van der Waals surface area contributed by atoms with Crippen LogP contribution in [0.25, 0.3) is 5.76 Å². The summed E-state index contributed by atoms with van der Waals surface area (Å²) in [6.45, 7) is 15.4. The van der Waals surface area contributed by atoms with E-state index in [-0.39, 0.29) is 5.41 Å². The maximum Gasteiger partial charge on any atom is 0.242 e. The van der Waals surface area contributed by atoms with E-state index in [1.54, 1.807) is 0 Å². The minimum absolute atomic E-state index is 0.125. The van der Waals surface area contributed by atoms with Crippen molar-refractivity contribution in [3.8, 4) is 0 Å².